The zero-order valence-electron chi connectivity index (χ0n) is 10.6. The molecule has 0 aromatic heterocycles. The largest absolute Gasteiger partial charge is 0.360 e. The Labute approximate surface area is 107 Å². The van der Waals surface area contributed by atoms with Crippen LogP contribution in [0.25, 0.3) is 0 Å². The molecule has 0 saturated carbocycles. The Hall–Kier alpha value is -1.59. The Morgan fingerprint density at radius 1 is 1.28 bits per heavy atom. The maximum Gasteiger partial charge on any atom is 0.241 e. The van der Waals surface area contributed by atoms with E-state index in [1.165, 1.54) is 5.56 Å². The number of nitrogens with zero attached hydrogens (tertiary/aromatic N) is 2. The molecule has 0 bridgehead atoms. The molecule has 1 aromatic carbocycles. The Morgan fingerprint density at radius 2 is 2.00 bits per heavy atom. The molecule has 0 unspecified atom stereocenters. The van der Waals surface area contributed by atoms with Crippen LogP contribution in [-0.2, 0) is 16.1 Å². The lowest BCUT2D eigenvalue weighted by Gasteiger charge is -2.33. The van der Waals surface area contributed by atoms with Gasteiger partial charge in [-0.05, 0) is 24.1 Å². The van der Waals surface area contributed by atoms with Crippen LogP contribution in [0.1, 0.15) is 5.56 Å². The Kier molecular flexibility index (Phi) is 4.17. The lowest BCUT2D eigenvalue weighted by atomic mass is 10.1. The van der Waals surface area contributed by atoms with E-state index in [9.17, 15) is 4.79 Å². The molecule has 98 valence electrons. The van der Waals surface area contributed by atoms with Crippen molar-refractivity contribution in [3.8, 4) is 0 Å². The second-order valence-electron chi connectivity index (χ2n) is 4.52. The zero-order chi connectivity index (χ0) is 13.0. The van der Waals surface area contributed by atoms with Gasteiger partial charge < -0.3 is 14.6 Å². The van der Waals surface area contributed by atoms with E-state index in [1.807, 2.05) is 19.2 Å². The van der Waals surface area contributed by atoms with Crippen LogP contribution < -0.4 is 10.8 Å². The van der Waals surface area contributed by atoms with Gasteiger partial charge in [-0.1, -0.05) is 12.1 Å². The molecule has 0 aliphatic carbocycles. The van der Waals surface area contributed by atoms with E-state index < -0.39 is 0 Å². The van der Waals surface area contributed by atoms with Crippen molar-refractivity contribution in [3.05, 3.63) is 29.8 Å². The summed E-state index contributed by atoms with van der Waals surface area (Å²) in [5.74, 6) is 5.17. The van der Waals surface area contributed by atoms with Crippen LogP contribution in [0.3, 0.4) is 0 Å². The maximum atomic E-state index is 11.6. The van der Waals surface area contributed by atoms with Gasteiger partial charge in [-0.25, -0.2) is 5.90 Å². The number of nitrogens with two attached hydrogens (primary N) is 1. The van der Waals surface area contributed by atoms with Crippen molar-refractivity contribution in [3.63, 3.8) is 0 Å². The average Bonchev–Trinajstić information content (AvgIpc) is 2.40. The van der Waals surface area contributed by atoms with Crippen LogP contribution in [0.2, 0.25) is 0 Å². The van der Waals surface area contributed by atoms with E-state index in [0.29, 0.717) is 13.2 Å². The van der Waals surface area contributed by atoms with Crippen LogP contribution in [-0.4, -0.2) is 44.1 Å². The summed E-state index contributed by atoms with van der Waals surface area (Å²) in [5.41, 5.74) is 2.28. The summed E-state index contributed by atoms with van der Waals surface area (Å²) in [4.78, 5) is 20.1. The van der Waals surface area contributed by atoms with Crippen LogP contribution in [0, 0.1) is 0 Å². The average molecular weight is 249 g/mol. The minimum Gasteiger partial charge on any atom is -0.360 e. The maximum absolute atomic E-state index is 11.6. The fraction of sp³-hybridized carbons (Fsp3) is 0.462. The van der Waals surface area contributed by atoms with Crippen molar-refractivity contribution in [2.45, 2.75) is 6.42 Å². The predicted octanol–water partition coefficient (Wildman–Crippen LogP) is 0.398. The van der Waals surface area contributed by atoms with Gasteiger partial charge in [-0.2, -0.15) is 0 Å². The molecular formula is C13H19N3O2. The van der Waals surface area contributed by atoms with Crippen molar-refractivity contribution < 1.29 is 9.63 Å². The van der Waals surface area contributed by atoms with Gasteiger partial charge in [-0.3, -0.25) is 4.79 Å². The Bertz CT molecular complexity index is 405. The zero-order valence-corrected chi connectivity index (χ0v) is 10.6. The molecule has 2 N–H and O–H groups in total. The van der Waals surface area contributed by atoms with E-state index in [2.05, 4.69) is 21.9 Å². The second kappa shape index (κ2) is 5.84. The molecule has 5 heteroatoms. The van der Waals surface area contributed by atoms with E-state index in [4.69, 9.17) is 5.90 Å². The van der Waals surface area contributed by atoms with Gasteiger partial charge in [0.25, 0.3) is 0 Å². The first kappa shape index (κ1) is 12.9. The highest BCUT2D eigenvalue weighted by Gasteiger charge is 2.20. The van der Waals surface area contributed by atoms with E-state index in [0.717, 1.165) is 25.2 Å². The molecule has 18 heavy (non-hydrogen) atoms. The van der Waals surface area contributed by atoms with Crippen molar-refractivity contribution in [1.29, 1.82) is 0 Å². The van der Waals surface area contributed by atoms with Crippen molar-refractivity contribution >= 4 is 11.6 Å². The third-order valence-corrected chi connectivity index (χ3v) is 3.27. The smallest absolute Gasteiger partial charge is 0.241 e. The second-order valence-corrected chi connectivity index (χ2v) is 4.52. The SMILES string of the molecule is CN1CCN(c2ccc(CCON)cc2)CC1=O. The normalized spacial score (nSPS) is 16.2. The van der Waals surface area contributed by atoms with Gasteiger partial charge in [0.05, 0.1) is 13.2 Å². The van der Waals surface area contributed by atoms with Gasteiger partial charge >= 0.3 is 0 Å². The van der Waals surface area contributed by atoms with Crippen molar-refractivity contribution in [1.82, 2.24) is 4.90 Å². The van der Waals surface area contributed by atoms with Gasteiger partial charge in [0, 0.05) is 25.8 Å². The molecule has 0 radical (unpaired) electrons. The molecule has 0 atom stereocenters. The molecule has 0 spiro atoms. The molecule has 1 aromatic rings. The van der Waals surface area contributed by atoms with Gasteiger partial charge in [-0.15, -0.1) is 0 Å². The molecule has 1 amide bonds. The highest BCUT2D eigenvalue weighted by Crippen LogP contribution is 2.17. The fourth-order valence-corrected chi connectivity index (χ4v) is 2.03. The molecule has 1 heterocycles. The molecule has 1 saturated heterocycles. The summed E-state index contributed by atoms with van der Waals surface area (Å²) in [6.07, 6.45) is 0.804. The summed E-state index contributed by atoms with van der Waals surface area (Å²) >= 11 is 0. The van der Waals surface area contributed by atoms with Gasteiger partial charge in [0.2, 0.25) is 5.91 Å². The number of rotatable bonds is 4. The predicted molar refractivity (Wildman–Crippen MR) is 70.1 cm³/mol. The molecule has 1 fully saturated rings. The number of likely N-dealkylation sites (N-methyl/N-ethyl adjacent to an activating group) is 1. The molecular weight excluding hydrogens is 230 g/mol. The van der Waals surface area contributed by atoms with Crippen LogP contribution in [0.4, 0.5) is 5.69 Å². The van der Waals surface area contributed by atoms with Gasteiger partial charge in [0.1, 0.15) is 0 Å². The fourth-order valence-electron chi connectivity index (χ4n) is 2.03. The number of carbonyl (C=O) groups is 1. The van der Waals surface area contributed by atoms with Crippen LogP contribution in [0.15, 0.2) is 24.3 Å². The topological polar surface area (TPSA) is 58.8 Å². The van der Waals surface area contributed by atoms with Gasteiger partial charge in [0.15, 0.2) is 0 Å². The summed E-state index contributed by atoms with van der Waals surface area (Å²) in [6, 6.07) is 8.20. The lowest BCUT2D eigenvalue weighted by Crippen LogP contribution is -2.48. The highest BCUT2D eigenvalue weighted by atomic mass is 16.6. The standard InChI is InChI=1S/C13H19N3O2/c1-15-7-8-16(10-13(15)17)12-4-2-11(3-5-12)6-9-18-14/h2-5H,6-10,14H2,1H3. The van der Waals surface area contributed by atoms with Crippen molar-refractivity contribution in [2.24, 2.45) is 5.90 Å². The molecule has 1 aliphatic rings. The molecule has 1 aliphatic heterocycles. The molecule has 5 nitrogen and oxygen atoms in total. The quantitative estimate of drug-likeness (QED) is 0.785. The third kappa shape index (κ3) is 3.00. The number of anilines is 1. The first-order valence-corrected chi connectivity index (χ1v) is 6.10. The third-order valence-electron chi connectivity index (χ3n) is 3.27. The summed E-state index contributed by atoms with van der Waals surface area (Å²) < 4.78 is 0. The lowest BCUT2D eigenvalue weighted by molar-refractivity contribution is -0.129. The summed E-state index contributed by atoms with van der Waals surface area (Å²) in [6.45, 7) is 2.64. The number of carbonyl (C=O) groups excluding carboxylic acids is 1. The number of benzene rings is 1. The van der Waals surface area contributed by atoms with Crippen LogP contribution in [0.5, 0.6) is 0 Å². The Morgan fingerprint density at radius 3 is 2.61 bits per heavy atom. The molecule has 2 rings (SSSR count). The first-order chi connectivity index (χ1) is 8.70. The van der Waals surface area contributed by atoms with Crippen LogP contribution >= 0.6 is 0 Å². The number of hydrogen-bond donors (Lipinski definition) is 1. The number of amides is 1. The number of hydrogen-bond acceptors (Lipinski definition) is 4. The highest BCUT2D eigenvalue weighted by molar-refractivity contribution is 5.82. The van der Waals surface area contributed by atoms with Crippen molar-refractivity contribution in [2.75, 3.05) is 38.2 Å². The van der Waals surface area contributed by atoms with E-state index >= 15 is 0 Å². The minimum atomic E-state index is 0.168. The summed E-state index contributed by atoms with van der Waals surface area (Å²) in [5, 5.41) is 0. The Balaban J connectivity index is 1.99. The summed E-state index contributed by atoms with van der Waals surface area (Å²) in [7, 11) is 1.84. The van der Waals surface area contributed by atoms with E-state index in [-0.39, 0.29) is 5.91 Å². The number of piperazine rings is 1. The monoisotopic (exact) mass is 249 g/mol. The van der Waals surface area contributed by atoms with E-state index in [1.54, 1.807) is 4.90 Å². The minimum absolute atomic E-state index is 0.168. The first-order valence-electron chi connectivity index (χ1n) is 6.10.